The van der Waals surface area contributed by atoms with Crippen molar-refractivity contribution in [3.8, 4) is 0 Å². The lowest BCUT2D eigenvalue weighted by Gasteiger charge is -2.36. The van der Waals surface area contributed by atoms with Crippen LogP contribution in [-0.2, 0) is 30.5 Å². The highest BCUT2D eigenvalue weighted by molar-refractivity contribution is 6.31. The Morgan fingerprint density at radius 3 is 2.49 bits per heavy atom. The van der Waals surface area contributed by atoms with Gasteiger partial charge < -0.3 is 30.8 Å². The number of hydrogen-bond donors (Lipinski definition) is 4. The van der Waals surface area contributed by atoms with Gasteiger partial charge in [0.05, 0.1) is 18.5 Å². The standard InChI is InChI=1S/C24H33ClN4O6/c1-14(31)27-16-8-7-15(18(25)10-16)12-26-21(24(2,3)4)23(35)29-9-5-6-19(29)22(34)28-17(13-30)11-20(32)33/h7-8,10,13,17,19,21,26H,5-6,9,11-12H2,1-4H3,(H,27,31)(H,28,34)(H,32,33)/t17-,19-,21+/m0/s1. The topological polar surface area (TPSA) is 145 Å². The van der Waals surface area contributed by atoms with Crippen LogP contribution < -0.4 is 16.0 Å². The monoisotopic (exact) mass is 508 g/mol. The van der Waals surface area contributed by atoms with Crippen LogP contribution in [0.4, 0.5) is 5.69 Å². The van der Waals surface area contributed by atoms with E-state index in [4.69, 9.17) is 16.7 Å². The van der Waals surface area contributed by atoms with Gasteiger partial charge in [-0.3, -0.25) is 19.2 Å². The third kappa shape index (κ3) is 8.03. The van der Waals surface area contributed by atoms with Crippen LogP contribution in [0.25, 0.3) is 0 Å². The molecule has 3 atom stereocenters. The third-order valence-electron chi connectivity index (χ3n) is 5.71. The Morgan fingerprint density at radius 1 is 1.26 bits per heavy atom. The lowest BCUT2D eigenvalue weighted by atomic mass is 9.85. The van der Waals surface area contributed by atoms with Crippen molar-refractivity contribution in [3.05, 3.63) is 28.8 Å². The number of carboxylic acid groups (broad SMARTS) is 1. The van der Waals surface area contributed by atoms with E-state index in [2.05, 4.69) is 16.0 Å². The van der Waals surface area contributed by atoms with Crippen LogP contribution in [0.2, 0.25) is 5.02 Å². The lowest BCUT2D eigenvalue weighted by molar-refractivity contribution is -0.143. The normalized spacial score (nSPS) is 17.4. The molecule has 0 radical (unpaired) electrons. The van der Waals surface area contributed by atoms with Gasteiger partial charge in [0.2, 0.25) is 17.7 Å². The molecule has 1 aromatic rings. The second kappa shape index (κ2) is 12.1. The largest absolute Gasteiger partial charge is 0.481 e. The van der Waals surface area contributed by atoms with Crippen LogP contribution in [0.5, 0.6) is 0 Å². The fourth-order valence-electron chi connectivity index (χ4n) is 4.02. The molecule has 11 heteroatoms. The fourth-order valence-corrected chi connectivity index (χ4v) is 4.26. The minimum Gasteiger partial charge on any atom is -0.481 e. The van der Waals surface area contributed by atoms with E-state index in [0.29, 0.717) is 36.4 Å². The fraction of sp³-hybridized carbons (Fsp3) is 0.542. The van der Waals surface area contributed by atoms with E-state index >= 15 is 0 Å². The molecule has 1 aliphatic heterocycles. The predicted molar refractivity (Wildman–Crippen MR) is 131 cm³/mol. The first-order valence-corrected chi connectivity index (χ1v) is 11.8. The molecule has 10 nitrogen and oxygen atoms in total. The minimum atomic E-state index is -1.21. The Bertz CT molecular complexity index is 977. The average Bonchev–Trinajstić information content (AvgIpc) is 3.23. The van der Waals surface area contributed by atoms with E-state index in [1.807, 2.05) is 20.8 Å². The highest BCUT2D eigenvalue weighted by atomic mass is 35.5. The molecule has 0 saturated carbocycles. The zero-order chi connectivity index (χ0) is 26.3. The first-order chi connectivity index (χ1) is 16.3. The van der Waals surface area contributed by atoms with Crippen LogP contribution in [-0.4, -0.2) is 64.7 Å². The number of nitrogens with zero attached hydrogens (tertiary/aromatic N) is 1. The molecule has 1 aliphatic rings. The van der Waals surface area contributed by atoms with Crippen molar-refractivity contribution in [2.24, 2.45) is 5.41 Å². The van der Waals surface area contributed by atoms with Crippen LogP contribution in [0, 0.1) is 5.41 Å². The van der Waals surface area contributed by atoms with Gasteiger partial charge in [-0.05, 0) is 36.0 Å². The molecule has 35 heavy (non-hydrogen) atoms. The quantitative estimate of drug-likeness (QED) is 0.353. The van der Waals surface area contributed by atoms with Crippen molar-refractivity contribution in [1.29, 1.82) is 0 Å². The average molecular weight is 509 g/mol. The third-order valence-corrected chi connectivity index (χ3v) is 6.06. The number of carbonyl (C=O) groups excluding carboxylic acids is 4. The number of anilines is 1. The molecular formula is C24H33ClN4O6. The number of hydrogen-bond acceptors (Lipinski definition) is 6. The Kier molecular flexibility index (Phi) is 9.79. The summed E-state index contributed by atoms with van der Waals surface area (Å²) in [6.07, 6.45) is 0.891. The smallest absolute Gasteiger partial charge is 0.305 e. The number of aldehydes is 1. The molecule has 1 heterocycles. The molecule has 0 aromatic heterocycles. The number of halogens is 1. The summed E-state index contributed by atoms with van der Waals surface area (Å²) in [7, 11) is 0. The van der Waals surface area contributed by atoms with Crippen molar-refractivity contribution >= 4 is 47.3 Å². The van der Waals surface area contributed by atoms with Crippen molar-refractivity contribution in [2.75, 3.05) is 11.9 Å². The van der Waals surface area contributed by atoms with E-state index in [9.17, 15) is 24.0 Å². The summed E-state index contributed by atoms with van der Waals surface area (Å²) in [6, 6.07) is 2.53. The van der Waals surface area contributed by atoms with Gasteiger partial charge in [-0.15, -0.1) is 0 Å². The van der Waals surface area contributed by atoms with Crippen molar-refractivity contribution in [1.82, 2.24) is 15.5 Å². The number of carbonyl (C=O) groups is 5. The SMILES string of the molecule is CC(=O)Nc1ccc(CN[C@H](C(=O)N2CCC[C@H]2C(=O)N[C@H](C=O)CC(=O)O)C(C)(C)C)c(Cl)c1. The molecule has 0 spiro atoms. The molecule has 192 valence electrons. The van der Waals surface area contributed by atoms with Crippen LogP contribution in [0.15, 0.2) is 18.2 Å². The molecule has 0 bridgehead atoms. The zero-order valence-electron chi connectivity index (χ0n) is 20.4. The van der Waals surface area contributed by atoms with Gasteiger partial charge in [0.1, 0.15) is 12.3 Å². The number of nitrogens with one attached hydrogen (secondary N) is 3. The highest BCUT2D eigenvalue weighted by Gasteiger charge is 2.41. The van der Waals surface area contributed by atoms with E-state index in [-0.39, 0.29) is 18.4 Å². The molecule has 3 amide bonds. The van der Waals surface area contributed by atoms with Gasteiger partial charge in [-0.1, -0.05) is 38.4 Å². The summed E-state index contributed by atoms with van der Waals surface area (Å²) in [5, 5.41) is 17.7. The number of benzene rings is 1. The molecule has 2 rings (SSSR count). The lowest BCUT2D eigenvalue weighted by Crippen LogP contribution is -2.57. The van der Waals surface area contributed by atoms with Gasteiger partial charge in [-0.25, -0.2) is 0 Å². The number of carboxylic acids is 1. The maximum atomic E-state index is 13.6. The van der Waals surface area contributed by atoms with E-state index in [0.717, 1.165) is 5.56 Å². The van der Waals surface area contributed by atoms with Gasteiger partial charge in [0.25, 0.3) is 0 Å². The second-order valence-corrected chi connectivity index (χ2v) is 10.1. The Balaban J connectivity index is 2.14. The maximum Gasteiger partial charge on any atom is 0.305 e. The summed E-state index contributed by atoms with van der Waals surface area (Å²) in [5.74, 6) is -2.22. The van der Waals surface area contributed by atoms with Crippen LogP contribution in [0.3, 0.4) is 0 Å². The van der Waals surface area contributed by atoms with Gasteiger partial charge in [-0.2, -0.15) is 0 Å². The maximum absolute atomic E-state index is 13.6. The van der Waals surface area contributed by atoms with Gasteiger partial charge in [0.15, 0.2) is 0 Å². The summed E-state index contributed by atoms with van der Waals surface area (Å²) < 4.78 is 0. The zero-order valence-corrected chi connectivity index (χ0v) is 21.1. The number of aliphatic carboxylic acids is 1. The Hall–Kier alpha value is -2.98. The first-order valence-electron chi connectivity index (χ1n) is 11.4. The molecular weight excluding hydrogens is 476 g/mol. The van der Waals surface area contributed by atoms with Gasteiger partial charge >= 0.3 is 5.97 Å². The van der Waals surface area contributed by atoms with E-state index < -0.39 is 41.8 Å². The summed E-state index contributed by atoms with van der Waals surface area (Å²) in [6.45, 7) is 7.78. The minimum absolute atomic E-state index is 0.211. The highest BCUT2D eigenvalue weighted by Crippen LogP contribution is 2.27. The first kappa shape index (κ1) is 28.3. The number of amides is 3. The van der Waals surface area contributed by atoms with Crippen LogP contribution in [0.1, 0.15) is 52.5 Å². The molecule has 4 N–H and O–H groups in total. The van der Waals surface area contributed by atoms with E-state index in [1.54, 1.807) is 18.2 Å². The second-order valence-electron chi connectivity index (χ2n) is 9.71. The molecule has 1 saturated heterocycles. The summed E-state index contributed by atoms with van der Waals surface area (Å²) in [5.41, 5.74) is 0.802. The summed E-state index contributed by atoms with van der Waals surface area (Å²) >= 11 is 6.37. The molecule has 0 unspecified atom stereocenters. The Labute approximate surface area is 209 Å². The molecule has 1 aromatic carbocycles. The summed E-state index contributed by atoms with van der Waals surface area (Å²) in [4.78, 5) is 61.2. The number of likely N-dealkylation sites (tertiary alicyclic amines) is 1. The van der Waals surface area contributed by atoms with Crippen molar-refractivity contribution < 1.29 is 29.1 Å². The molecule has 0 aliphatic carbocycles. The van der Waals surface area contributed by atoms with Crippen molar-refractivity contribution in [3.63, 3.8) is 0 Å². The number of rotatable bonds is 10. The van der Waals surface area contributed by atoms with Crippen LogP contribution >= 0.6 is 11.6 Å². The van der Waals surface area contributed by atoms with Crippen molar-refractivity contribution in [2.45, 2.75) is 71.6 Å². The molecule has 1 fully saturated rings. The van der Waals surface area contributed by atoms with E-state index in [1.165, 1.54) is 11.8 Å². The Morgan fingerprint density at radius 2 is 1.94 bits per heavy atom. The predicted octanol–water partition coefficient (Wildman–Crippen LogP) is 1.95. The van der Waals surface area contributed by atoms with Gasteiger partial charge in [0, 0.05) is 30.7 Å².